The van der Waals surface area contributed by atoms with E-state index >= 15 is 0 Å². The number of rotatable bonds is 2. The molecule has 0 bridgehead atoms. The van der Waals surface area contributed by atoms with Gasteiger partial charge in [0.15, 0.2) is 0 Å². The van der Waals surface area contributed by atoms with Gasteiger partial charge < -0.3 is 0 Å². The summed E-state index contributed by atoms with van der Waals surface area (Å²) in [4.78, 5) is 8.47. The summed E-state index contributed by atoms with van der Waals surface area (Å²) in [7, 11) is 0. The van der Waals surface area contributed by atoms with Gasteiger partial charge in [0.25, 0.3) is 0 Å². The highest BCUT2D eigenvalue weighted by Crippen LogP contribution is 2.11. The van der Waals surface area contributed by atoms with Crippen LogP contribution in [0, 0.1) is 18.3 Å². The molecule has 0 fully saturated rings. The second-order valence-electron chi connectivity index (χ2n) is 2.86. The molecule has 68 valence electrons. The van der Waals surface area contributed by atoms with Crippen molar-refractivity contribution in [2.75, 3.05) is 0 Å². The maximum atomic E-state index is 8.92. The molecular weight excluding hydrogens is 162 g/mol. The third-order valence-corrected chi connectivity index (χ3v) is 1.95. The van der Waals surface area contributed by atoms with Crippen molar-refractivity contribution < 1.29 is 0 Å². The molecule has 0 atom stereocenters. The zero-order valence-corrected chi connectivity index (χ0v) is 8.26. The quantitative estimate of drug-likeness (QED) is 0.688. The first-order valence-electron chi connectivity index (χ1n) is 4.49. The zero-order valence-electron chi connectivity index (χ0n) is 8.26. The van der Waals surface area contributed by atoms with Crippen LogP contribution in [-0.4, -0.2) is 9.97 Å². The lowest BCUT2D eigenvalue weighted by atomic mass is 10.1. The molecule has 0 aliphatic carbocycles. The van der Waals surface area contributed by atoms with Gasteiger partial charge in [-0.15, -0.1) is 0 Å². The van der Waals surface area contributed by atoms with Crippen molar-refractivity contribution in [1.29, 1.82) is 5.26 Å². The Morgan fingerprint density at radius 3 is 1.92 bits per heavy atom. The van der Waals surface area contributed by atoms with E-state index < -0.39 is 0 Å². The van der Waals surface area contributed by atoms with Crippen molar-refractivity contribution >= 4 is 0 Å². The predicted octanol–water partition coefficient (Wildman–Crippen LogP) is 1.78. The Morgan fingerprint density at radius 1 is 1.15 bits per heavy atom. The van der Waals surface area contributed by atoms with Crippen molar-refractivity contribution in [3.63, 3.8) is 0 Å². The van der Waals surface area contributed by atoms with Gasteiger partial charge in [-0.25, -0.2) is 9.97 Å². The highest BCUT2D eigenvalue weighted by molar-refractivity contribution is 5.37. The molecular formula is C10H13N3. The molecule has 1 heterocycles. The fraction of sp³-hybridized carbons (Fsp3) is 0.500. The Labute approximate surface area is 78.5 Å². The van der Waals surface area contributed by atoms with Crippen LogP contribution < -0.4 is 0 Å². The molecule has 0 unspecified atom stereocenters. The standard InChI is InChI=1S/C10H13N3/c1-4-9-8(6-11)10(5-2)13-7(3)12-9/h4-5H2,1-3H3. The van der Waals surface area contributed by atoms with Gasteiger partial charge in [-0.2, -0.15) is 5.26 Å². The molecule has 3 nitrogen and oxygen atoms in total. The lowest BCUT2D eigenvalue weighted by Gasteiger charge is -2.05. The zero-order chi connectivity index (χ0) is 9.84. The van der Waals surface area contributed by atoms with Crippen molar-refractivity contribution in [2.24, 2.45) is 0 Å². The number of hydrogen-bond acceptors (Lipinski definition) is 3. The van der Waals surface area contributed by atoms with Gasteiger partial charge in [0.2, 0.25) is 0 Å². The summed E-state index contributed by atoms with van der Waals surface area (Å²) in [6.07, 6.45) is 1.58. The number of hydrogen-bond donors (Lipinski definition) is 0. The van der Waals surface area contributed by atoms with Gasteiger partial charge in [0, 0.05) is 0 Å². The summed E-state index contributed by atoms with van der Waals surface area (Å²) in [5, 5.41) is 8.92. The fourth-order valence-electron chi connectivity index (χ4n) is 1.33. The minimum Gasteiger partial charge on any atom is -0.237 e. The third kappa shape index (κ3) is 1.83. The van der Waals surface area contributed by atoms with Crippen LogP contribution in [0.3, 0.4) is 0 Å². The lowest BCUT2D eigenvalue weighted by molar-refractivity contribution is 0.883. The Hall–Kier alpha value is -1.43. The first kappa shape index (κ1) is 9.66. The molecule has 3 heteroatoms. The molecule has 0 aliphatic rings. The summed E-state index contributed by atoms with van der Waals surface area (Å²) in [6.45, 7) is 5.86. The summed E-state index contributed by atoms with van der Waals surface area (Å²) in [6, 6.07) is 2.17. The monoisotopic (exact) mass is 175 g/mol. The maximum Gasteiger partial charge on any atom is 0.125 e. The van der Waals surface area contributed by atoms with Gasteiger partial charge in [0.05, 0.1) is 17.0 Å². The highest BCUT2D eigenvalue weighted by Gasteiger charge is 2.09. The minimum atomic E-state index is 0.663. The molecule has 0 aliphatic heterocycles. The van der Waals surface area contributed by atoms with E-state index in [9.17, 15) is 0 Å². The van der Waals surface area contributed by atoms with Gasteiger partial charge in [-0.05, 0) is 19.8 Å². The molecule has 0 spiro atoms. The highest BCUT2D eigenvalue weighted by atomic mass is 14.9. The lowest BCUT2D eigenvalue weighted by Crippen LogP contribution is -2.04. The molecule has 0 radical (unpaired) electrons. The van der Waals surface area contributed by atoms with Crippen molar-refractivity contribution in [2.45, 2.75) is 33.6 Å². The van der Waals surface area contributed by atoms with Crippen LogP contribution in [0.5, 0.6) is 0 Å². The second-order valence-corrected chi connectivity index (χ2v) is 2.86. The van der Waals surface area contributed by atoms with Gasteiger partial charge in [-0.3, -0.25) is 0 Å². The van der Waals surface area contributed by atoms with Crippen LogP contribution >= 0.6 is 0 Å². The molecule has 1 aromatic rings. The Kier molecular flexibility index (Phi) is 2.97. The fourth-order valence-corrected chi connectivity index (χ4v) is 1.33. The average Bonchev–Trinajstić information content (AvgIpc) is 2.16. The Balaban J connectivity index is 3.36. The topological polar surface area (TPSA) is 49.6 Å². The van der Waals surface area contributed by atoms with Gasteiger partial charge in [0.1, 0.15) is 11.9 Å². The Morgan fingerprint density at radius 2 is 1.62 bits per heavy atom. The van der Waals surface area contributed by atoms with Crippen molar-refractivity contribution in [3.05, 3.63) is 22.8 Å². The molecule has 0 saturated carbocycles. The van der Waals surface area contributed by atoms with Gasteiger partial charge in [-0.1, -0.05) is 13.8 Å². The van der Waals surface area contributed by atoms with Crippen molar-refractivity contribution in [1.82, 2.24) is 9.97 Å². The van der Waals surface area contributed by atoms with E-state index in [1.165, 1.54) is 0 Å². The summed E-state index contributed by atoms with van der Waals surface area (Å²) >= 11 is 0. The summed E-state index contributed by atoms with van der Waals surface area (Å²) in [5.74, 6) is 0.757. The van der Waals surface area contributed by atoms with E-state index in [-0.39, 0.29) is 0 Å². The second kappa shape index (κ2) is 3.99. The van der Waals surface area contributed by atoms with Gasteiger partial charge >= 0.3 is 0 Å². The summed E-state index contributed by atoms with van der Waals surface area (Å²) < 4.78 is 0. The minimum absolute atomic E-state index is 0.663. The molecule has 0 N–H and O–H groups in total. The third-order valence-electron chi connectivity index (χ3n) is 1.95. The molecule has 13 heavy (non-hydrogen) atoms. The molecule has 1 rings (SSSR count). The predicted molar refractivity (Wildman–Crippen MR) is 50.2 cm³/mol. The SMILES string of the molecule is CCc1nc(C)nc(CC)c1C#N. The van der Waals surface area contributed by atoms with E-state index in [0.717, 1.165) is 30.1 Å². The van der Waals surface area contributed by atoms with E-state index in [1.54, 1.807) is 0 Å². The molecule has 0 saturated heterocycles. The first-order valence-corrected chi connectivity index (χ1v) is 4.49. The van der Waals surface area contributed by atoms with Crippen LogP contribution in [0.1, 0.15) is 36.6 Å². The maximum absolute atomic E-state index is 8.92. The van der Waals surface area contributed by atoms with Crippen LogP contribution in [-0.2, 0) is 12.8 Å². The molecule has 1 aromatic heterocycles. The van der Waals surface area contributed by atoms with Crippen LogP contribution in [0.25, 0.3) is 0 Å². The average molecular weight is 175 g/mol. The normalized spacial score (nSPS) is 9.69. The van der Waals surface area contributed by atoms with Crippen LogP contribution in [0.4, 0.5) is 0 Å². The molecule has 0 aromatic carbocycles. The summed E-state index contributed by atoms with van der Waals surface area (Å²) in [5.41, 5.74) is 2.40. The smallest absolute Gasteiger partial charge is 0.125 e. The Bertz CT molecular complexity index is 325. The van der Waals surface area contributed by atoms with Crippen molar-refractivity contribution in [3.8, 4) is 6.07 Å². The number of nitriles is 1. The number of aromatic nitrogens is 2. The van der Waals surface area contributed by atoms with E-state index in [2.05, 4.69) is 16.0 Å². The van der Waals surface area contributed by atoms with E-state index in [4.69, 9.17) is 5.26 Å². The van der Waals surface area contributed by atoms with E-state index in [0.29, 0.717) is 5.56 Å². The van der Waals surface area contributed by atoms with Crippen LogP contribution in [0.15, 0.2) is 0 Å². The molecule has 0 amide bonds. The number of aryl methyl sites for hydroxylation is 3. The van der Waals surface area contributed by atoms with E-state index in [1.807, 2.05) is 20.8 Å². The largest absolute Gasteiger partial charge is 0.237 e. The number of nitrogens with zero attached hydrogens (tertiary/aromatic N) is 3. The van der Waals surface area contributed by atoms with Crippen LogP contribution in [0.2, 0.25) is 0 Å². The first-order chi connectivity index (χ1) is 6.22.